The molecule has 0 saturated carbocycles. The van der Waals surface area contributed by atoms with Gasteiger partial charge in [-0.25, -0.2) is 0 Å². The molecule has 0 radical (unpaired) electrons. The predicted octanol–water partition coefficient (Wildman–Crippen LogP) is 4.42. The van der Waals surface area contributed by atoms with Gasteiger partial charge in [-0.2, -0.15) is 0 Å². The van der Waals surface area contributed by atoms with Gasteiger partial charge in [0, 0.05) is 18.6 Å². The number of carbonyl (C=O) groups excluding carboxylic acids is 2. The Morgan fingerprint density at radius 1 is 1.07 bits per heavy atom. The standard InChI is InChI=1S/C23H25N3O3/c1-4-17-7-11-19(12-8-17)21-14-23(29-26-21)25-22(28)13-20(24-16(3)27)18-9-5-15(2)6-10-18/h5-12,14,20H,4,13H2,1-3H3,(H,24,27)(H,25,28). The Kier molecular flexibility index (Phi) is 6.44. The van der Waals surface area contributed by atoms with Crippen molar-refractivity contribution in [3.05, 3.63) is 71.3 Å². The van der Waals surface area contributed by atoms with E-state index in [1.165, 1.54) is 12.5 Å². The summed E-state index contributed by atoms with van der Waals surface area (Å²) in [6, 6.07) is 17.0. The SMILES string of the molecule is CCc1ccc(-c2cc(NC(=O)CC(NC(C)=O)c3ccc(C)cc3)on2)cc1. The van der Waals surface area contributed by atoms with Crippen molar-refractivity contribution in [2.75, 3.05) is 5.32 Å². The number of amides is 2. The maximum atomic E-state index is 12.5. The van der Waals surface area contributed by atoms with E-state index in [1.807, 2.05) is 55.5 Å². The Bertz CT molecular complexity index is 975. The molecule has 0 bridgehead atoms. The summed E-state index contributed by atoms with van der Waals surface area (Å²) in [6.07, 6.45) is 1.06. The highest BCUT2D eigenvalue weighted by Gasteiger charge is 2.18. The van der Waals surface area contributed by atoms with E-state index in [-0.39, 0.29) is 24.1 Å². The van der Waals surface area contributed by atoms with Crippen LogP contribution in [-0.4, -0.2) is 17.0 Å². The molecule has 1 unspecified atom stereocenters. The molecule has 3 aromatic rings. The Labute approximate surface area is 170 Å². The molecule has 1 heterocycles. The molecule has 3 rings (SSSR count). The van der Waals surface area contributed by atoms with Crippen LogP contribution in [0.25, 0.3) is 11.3 Å². The first kappa shape index (κ1) is 20.3. The predicted molar refractivity (Wildman–Crippen MR) is 112 cm³/mol. The lowest BCUT2D eigenvalue weighted by molar-refractivity contribution is -0.120. The highest BCUT2D eigenvalue weighted by atomic mass is 16.5. The summed E-state index contributed by atoms with van der Waals surface area (Å²) < 4.78 is 5.26. The van der Waals surface area contributed by atoms with E-state index in [1.54, 1.807) is 6.07 Å². The molecule has 1 atom stereocenters. The fraction of sp³-hybridized carbons (Fsp3) is 0.261. The summed E-state index contributed by atoms with van der Waals surface area (Å²) in [5.41, 5.74) is 4.80. The van der Waals surface area contributed by atoms with Crippen molar-refractivity contribution in [1.29, 1.82) is 0 Å². The first-order valence-electron chi connectivity index (χ1n) is 9.64. The lowest BCUT2D eigenvalue weighted by Gasteiger charge is -2.17. The highest BCUT2D eigenvalue weighted by molar-refractivity contribution is 5.90. The summed E-state index contributed by atoms with van der Waals surface area (Å²) in [6.45, 7) is 5.52. The van der Waals surface area contributed by atoms with E-state index in [0.29, 0.717) is 5.69 Å². The molecule has 2 amide bonds. The third-order valence-corrected chi connectivity index (χ3v) is 4.68. The maximum Gasteiger partial charge on any atom is 0.231 e. The zero-order valence-electron chi connectivity index (χ0n) is 16.9. The van der Waals surface area contributed by atoms with Crippen molar-refractivity contribution < 1.29 is 14.1 Å². The first-order chi connectivity index (χ1) is 13.9. The average molecular weight is 391 g/mol. The molecule has 2 aromatic carbocycles. The van der Waals surface area contributed by atoms with E-state index in [0.717, 1.165) is 23.1 Å². The van der Waals surface area contributed by atoms with Crippen molar-refractivity contribution in [2.45, 2.75) is 39.7 Å². The van der Waals surface area contributed by atoms with Crippen LogP contribution in [0.1, 0.15) is 43.0 Å². The Balaban J connectivity index is 1.67. The molecule has 0 fully saturated rings. The van der Waals surface area contributed by atoms with Crippen LogP contribution in [0.4, 0.5) is 5.88 Å². The molecule has 0 saturated heterocycles. The Morgan fingerprint density at radius 3 is 2.38 bits per heavy atom. The van der Waals surface area contributed by atoms with Crippen LogP contribution < -0.4 is 10.6 Å². The van der Waals surface area contributed by atoms with Gasteiger partial charge < -0.3 is 9.84 Å². The van der Waals surface area contributed by atoms with Gasteiger partial charge in [0.25, 0.3) is 0 Å². The Morgan fingerprint density at radius 2 is 1.76 bits per heavy atom. The van der Waals surface area contributed by atoms with E-state index in [4.69, 9.17) is 4.52 Å². The lowest BCUT2D eigenvalue weighted by Crippen LogP contribution is -2.29. The van der Waals surface area contributed by atoms with E-state index >= 15 is 0 Å². The van der Waals surface area contributed by atoms with Crippen LogP contribution >= 0.6 is 0 Å². The zero-order valence-corrected chi connectivity index (χ0v) is 16.9. The highest BCUT2D eigenvalue weighted by Crippen LogP contribution is 2.23. The minimum atomic E-state index is -0.419. The lowest BCUT2D eigenvalue weighted by atomic mass is 10.0. The number of nitrogens with zero attached hydrogens (tertiary/aromatic N) is 1. The molecule has 6 nitrogen and oxygen atoms in total. The van der Waals surface area contributed by atoms with Gasteiger partial charge in [0.1, 0.15) is 5.69 Å². The molecule has 150 valence electrons. The van der Waals surface area contributed by atoms with Gasteiger partial charge in [-0.1, -0.05) is 66.2 Å². The van der Waals surface area contributed by atoms with Crippen LogP contribution in [0.2, 0.25) is 0 Å². The van der Waals surface area contributed by atoms with Crippen LogP contribution in [0, 0.1) is 6.92 Å². The van der Waals surface area contributed by atoms with Crippen molar-refractivity contribution in [3.63, 3.8) is 0 Å². The second-order valence-electron chi connectivity index (χ2n) is 7.04. The normalized spacial score (nSPS) is 11.7. The van der Waals surface area contributed by atoms with Crippen molar-refractivity contribution in [1.82, 2.24) is 10.5 Å². The van der Waals surface area contributed by atoms with Gasteiger partial charge in [-0.05, 0) is 24.5 Å². The van der Waals surface area contributed by atoms with Gasteiger partial charge in [0.05, 0.1) is 12.5 Å². The number of rotatable bonds is 7. The van der Waals surface area contributed by atoms with Crippen LogP contribution in [0.15, 0.2) is 59.1 Å². The third-order valence-electron chi connectivity index (χ3n) is 4.68. The summed E-state index contributed by atoms with van der Waals surface area (Å²) in [5.74, 6) is -0.191. The maximum absolute atomic E-state index is 12.5. The molecule has 1 aromatic heterocycles. The largest absolute Gasteiger partial charge is 0.349 e. The van der Waals surface area contributed by atoms with Gasteiger partial charge in [-0.3, -0.25) is 14.9 Å². The van der Waals surface area contributed by atoms with Gasteiger partial charge in [0.15, 0.2) is 0 Å². The molecule has 29 heavy (non-hydrogen) atoms. The van der Waals surface area contributed by atoms with Crippen molar-refractivity contribution in [3.8, 4) is 11.3 Å². The van der Waals surface area contributed by atoms with Crippen LogP contribution in [-0.2, 0) is 16.0 Å². The average Bonchev–Trinajstić information content (AvgIpc) is 3.16. The number of hydrogen-bond acceptors (Lipinski definition) is 4. The summed E-state index contributed by atoms with van der Waals surface area (Å²) in [7, 11) is 0. The second-order valence-corrected chi connectivity index (χ2v) is 7.04. The topological polar surface area (TPSA) is 84.2 Å². The summed E-state index contributed by atoms with van der Waals surface area (Å²) >= 11 is 0. The third kappa shape index (κ3) is 5.54. The van der Waals surface area contributed by atoms with Gasteiger partial charge in [0.2, 0.25) is 17.7 Å². The van der Waals surface area contributed by atoms with E-state index in [2.05, 4.69) is 22.7 Å². The van der Waals surface area contributed by atoms with Gasteiger partial charge in [-0.15, -0.1) is 0 Å². The smallest absolute Gasteiger partial charge is 0.231 e. The van der Waals surface area contributed by atoms with E-state index < -0.39 is 6.04 Å². The minimum absolute atomic E-state index is 0.0872. The molecule has 2 N–H and O–H groups in total. The fourth-order valence-electron chi connectivity index (χ4n) is 3.05. The Hall–Kier alpha value is -3.41. The van der Waals surface area contributed by atoms with Crippen LogP contribution in [0.5, 0.6) is 0 Å². The monoisotopic (exact) mass is 391 g/mol. The molecule has 6 heteroatoms. The number of aromatic nitrogens is 1. The molecule has 0 spiro atoms. The molecule has 0 aliphatic rings. The first-order valence-corrected chi connectivity index (χ1v) is 9.64. The number of benzene rings is 2. The quantitative estimate of drug-likeness (QED) is 0.624. The molecular weight excluding hydrogens is 366 g/mol. The summed E-state index contributed by atoms with van der Waals surface area (Å²) in [5, 5.41) is 9.58. The zero-order chi connectivity index (χ0) is 20.8. The van der Waals surface area contributed by atoms with Crippen LogP contribution in [0.3, 0.4) is 0 Å². The molecule has 0 aliphatic carbocycles. The minimum Gasteiger partial charge on any atom is -0.349 e. The van der Waals surface area contributed by atoms with Crippen molar-refractivity contribution >= 4 is 17.7 Å². The number of aryl methyl sites for hydroxylation is 2. The number of hydrogen-bond donors (Lipinski definition) is 2. The van der Waals surface area contributed by atoms with Crippen molar-refractivity contribution in [2.24, 2.45) is 0 Å². The number of carbonyl (C=O) groups is 2. The molecular formula is C23H25N3O3. The number of nitrogens with one attached hydrogen (secondary N) is 2. The summed E-state index contributed by atoms with van der Waals surface area (Å²) in [4.78, 5) is 24.1. The second kappa shape index (κ2) is 9.19. The fourth-order valence-corrected chi connectivity index (χ4v) is 3.05. The van der Waals surface area contributed by atoms with Gasteiger partial charge >= 0.3 is 0 Å². The molecule has 0 aliphatic heterocycles. The van der Waals surface area contributed by atoms with E-state index in [9.17, 15) is 9.59 Å². The number of anilines is 1.